The van der Waals surface area contributed by atoms with Crippen molar-refractivity contribution >= 4 is 17.4 Å². The minimum Gasteiger partial charge on any atom is -0.507 e. The third kappa shape index (κ3) is 4.36. The number of benzene rings is 1. The number of hydrogen-bond acceptors (Lipinski definition) is 6. The molecule has 1 atom stereocenters. The first-order valence-electron chi connectivity index (χ1n) is 11.1. The van der Waals surface area contributed by atoms with Gasteiger partial charge in [0.05, 0.1) is 18.8 Å². The fraction of sp³-hybridized carbons (Fsp3) is 0.440. The normalized spacial score (nSPS) is 21.5. The number of carbonyl (C=O) groups is 2. The van der Waals surface area contributed by atoms with Gasteiger partial charge in [0.15, 0.2) is 0 Å². The molecule has 2 aliphatic rings. The minimum atomic E-state index is -0.742. The van der Waals surface area contributed by atoms with Gasteiger partial charge in [-0.1, -0.05) is 17.7 Å². The molecule has 3 heterocycles. The van der Waals surface area contributed by atoms with Crippen LogP contribution in [0.25, 0.3) is 5.76 Å². The smallest absolute Gasteiger partial charge is 0.295 e. The predicted octanol–water partition coefficient (Wildman–Crippen LogP) is 3.35. The number of nitrogens with zero attached hydrogens (tertiary/aromatic N) is 2. The van der Waals surface area contributed by atoms with Crippen LogP contribution in [0.15, 0.2) is 40.3 Å². The summed E-state index contributed by atoms with van der Waals surface area (Å²) in [5.41, 5.74) is 2.44. The number of aliphatic hydroxyl groups excluding tert-OH is 1. The Kier molecular flexibility index (Phi) is 6.48. The van der Waals surface area contributed by atoms with Crippen molar-refractivity contribution in [2.24, 2.45) is 0 Å². The Labute approximate surface area is 188 Å². The van der Waals surface area contributed by atoms with E-state index in [9.17, 15) is 14.7 Å². The fourth-order valence-electron chi connectivity index (χ4n) is 4.43. The number of ketones is 1. The summed E-state index contributed by atoms with van der Waals surface area (Å²) in [6, 6.07) is 8.52. The van der Waals surface area contributed by atoms with E-state index >= 15 is 0 Å². The number of hydrogen-bond donors (Lipinski definition) is 1. The molecule has 1 amide bonds. The maximum Gasteiger partial charge on any atom is 0.295 e. The van der Waals surface area contributed by atoms with Gasteiger partial charge in [-0.15, -0.1) is 0 Å². The van der Waals surface area contributed by atoms with Crippen molar-refractivity contribution in [1.29, 1.82) is 0 Å². The lowest BCUT2D eigenvalue weighted by Crippen LogP contribution is -2.38. The molecule has 7 nitrogen and oxygen atoms in total. The number of furan rings is 1. The van der Waals surface area contributed by atoms with Crippen molar-refractivity contribution in [3.05, 3.63) is 64.1 Å². The molecule has 2 aliphatic heterocycles. The molecule has 32 heavy (non-hydrogen) atoms. The number of carbonyl (C=O) groups excluding carboxylic acids is 2. The van der Waals surface area contributed by atoms with Crippen molar-refractivity contribution < 1.29 is 23.8 Å². The first-order valence-corrected chi connectivity index (χ1v) is 11.1. The second-order valence-corrected chi connectivity index (χ2v) is 8.57. The van der Waals surface area contributed by atoms with Gasteiger partial charge in [0.25, 0.3) is 11.7 Å². The zero-order valence-corrected chi connectivity index (χ0v) is 18.9. The van der Waals surface area contributed by atoms with E-state index in [2.05, 4.69) is 4.90 Å². The second kappa shape index (κ2) is 9.30. The zero-order valence-electron chi connectivity index (χ0n) is 18.9. The Morgan fingerprint density at radius 1 is 1.06 bits per heavy atom. The summed E-state index contributed by atoms with van der Waals surface area (Å²) in [6.07, 6.45) is 0.715. The van der Waals surface area contributed by atoms with Crippen molar-refractivity contribution in [3.63, 3.8) is 0 Å². The molecule has 0 radical (unpaired) electrons. The Hall–Kier alpha value is -2.90. The van der Waals surface area contributed by atoms with Crippen LogP contribution in [0.1, 0.15) is 40.7 Å². The first kappa shape index (κ1) is 22.3. The molecule has 2 aromatic rings. The fourth-order valence-corrected chi connectivity index (χ4v) is 4.43. The highest BCUT2D eigenvalue weighted by molar-refractivity contribution is 6.46. The van der Waals surface area contributed by atoms with Crippen LogP contribution in [0.3, 0.4) is 0 Å². The Bertz CT molecular complexity index is 1050. The van der Waals surface area contributed by atoms with E-state index < -0.39 is 17.7 Å². The molecule has 2 fully saturated rings. The van der Waals surface area contributed by atoms with Crippen LogP contribution in [0.5, 0.6) is 0 Å². The average molecular weight is 439 g/mol. The second-order valence-electron chi connectivity index (χ2n) is 8.57. The highest BCUT2D eigenvalue weighted by Gasteiger charge is 2.47. The topological polar surface area (TPSA) is 83.2 Å². The maximum atomic E-state index is 13.1. The number of likely N-dealkylation sites (tertiary alicyclic amines) is 1. The largest absolute Gasteiger partial charge is 0.507 e. The Morgan fingerprint density at radius 3 is 2.50 bits per heavy atom. The van der Waals surface area contributed by atoms with Gasteiger partial charge in [-0.3, -0.25) is 14.5 Å². The number of Topliss-reactive ketones (excluding diaryl/α,β-unsaturated/α-hetero) is 1. The molecular formula is C25H30N2O5. The molecule has 4 rings (SSSR count). The SMILES string of the molecule is Cc1ccc(C)c(C(O)=C2C(=O)C(=O)N(CCCN3CCOCC3)C2c2ccc(C)o2)c1. The third-order valence-electron chi connectivity index (χ3n) is 6.20. The maximum absolute atomic E-state index is 13.1. The van der Waals surface area contributed by atoms with Crippen molar-refractivity contribution in [2.75, 3.05) is 39.4 Å². The summed E-state index contributed by atoms with van der Waals surface area (Å²) < 4.78 is 11.2. The van der Waals surface area contributed by atoms with Gasteiger partial charge < -0.3 is 19.2 Å². The lowest BCUT2D eigenvalue weighted by atomic mass is 9.96. The lowest BCUT2D eigenvalue weighted by molar-refractivity contribution is -0.140. The van der Waals surface area contributed by atoms with E-state index in [1.54, 1.807) is 12.1 Å². The molecule has 1 aromatic heterocycles. The number of amides is 1. The number of rotatable bonds is 6. The van der Waals surface area contributed by atoms with Crippen molar-refractivity contribution in [3.8, 4) is 0 Å². The molecule has 2 saturated heterocycles. The number of aliphatic hydroxyl groups is 1. The molecule has 7 heteroatoms. The van der Waals surface area contributed by atoms with E-state index in [1.807, 2.05) is 39.0 Å². The van der Waals surface area contributed by atoms with E-state index in [0.29, 0.717) is 43.3 Å². The summed E-state index contributed by atoms with van der Waals surface area (Å²) in [5, 5.41) is 11.2. The number of aryl methyl sites for hydroxylation is 3. The van der Waals surface area contributed by atoms with Gasteiger partial charge in [0.1, 0.15) is 23.3 Å². The summed E-state index contributed by atoms with van der Waals surface area (Å²) in [4.78, 5) is 30.0. The molecular weight excluding hydrogens is 408 g/mol. The monoisotopic (exact) mass is 438 g/mol. The lowest BCUT2D eigenvalue weighted by Gasteiger charge is -2.28. The van der Waals surface area contributed by atoms with Crippen LogP contribution in [0, 0.1) is 20.8 Å². The molecule has 170 valence electrons. The van der Waals surface area contributed by atoms with Gasteiger partial charge in [0, 0.05) is 31.7 Å². The van der Waals surface area contributed by atoms with Gasteiger partial charge in [-0.05, 0) is 51.0 Å². The summed E-state index contributed by atoms with van der Waals surface area (Å²) in [5.74, 6) is -0.253. The standard InChI is InChI=1S/C25H30N2O5/c1-16-5-6-17(2)19(15-16)23(28)21-22(20-8-7-18(3)32-20)27(25(30)24(21)29)10-4-9-26-11-13-31-14-12-26/h5-8,15,22,28H,4,9-14H2,1-3H3. The molecule has 1 unspecified atom stereocenters. The summed E-state index contributed by atoms with van der Waals surface area (Å²) in [7, 11) is 0. The van der Waals surface area contributed by atoms with E-state index in [-0.39, 0.29) is 11.3 Å². The van der Waals surface area contributed by atoms with Crippen LogP contribution in [0.4, 0.5) is 0 Å². The highest BCUT2D eigenvalue weighted by atomic mass is 16.5. The predicted molar refractivity (Wildman–Crippen MR) is 120 cm³/mol. The van der Waals surface area contributed by atoms with Crippen molar-refractivity contribution in [2.45, 2.75) is 33.2 Å². The van der Waals surface area contributed by atoms with Crippen LogP contribution in [-0.4, -0.2) is 66.0 Å². The average Bonchev–Trinajstić information content (AvgIpc) is 3.32. The molecule has 1 N–H and O–H groups in total. The van der Waals surface area contributed by atoms with Crippen LogP contribution >= 0.6 is 0 Å². The Balaban J connectivity index is 1.68. The van der Waals surface area contributed by atoms with Gasteiger partial charge >= 0.3 is 0 Å². The number of ether oxygens (including phenoxy) is 1. The Morgan fingerprint density at radius 2 is 1.81 bits per heavy atom. The van der Waals surface area contributed by atoms with Gasteiger partial charge in [0.2, 0.25) is 0 Å². The third-order valence-corrected chi connectivity index (χ3v) is 6.20. The number of morpholine rings is 1. The molecule has 0 bridgehead atoms. The van der Waals surface area contributed by atoms with Crippen molar-refractivity contribution in [1.82, 2.24) is 9.80 Å². The minimum absolute atomic E-state index is 0.0874. The molecule has 0 aliphatic carbocycles. The van der Waals surface area contributed by atoms with Gasteiger partial charge in [-0.25, -0.2) is 0 Å². The van der Waals surface area contributed by atoms with E-state index in [0.717, 1.165) is 30.8 Å². The van der Waals surface area contributed by atoms with Gasteiger partial charge in [-0.2, -0.15) is 0 Å². The zero-order chi connectivity index (χ0) is 22.8. The molecule has 0 saturated carbocycles. The summed E-state index contributed by atoms with van der Waals surface area (Å²) >= 11 is 0. The van der Waals surface area contributed by atoms with Crippen LogP contribution < -0.4 is 0 Å². The van der Waals surface area contributed by atoms with Crippen LogP contribution in [0.2, 0.25) is 0 Å². The molecule has 0 spiro atoms. The quantitative estimate of drug-likeness (QED) is 0.423. The van der Waals surface area contributed by atoms with Crippen LogP contribution in [-0.2, 0) is 14.3 Å². The van der Waals surface area contributed by atoms with E-state index in [4.69, 9.17) is 9.15 Å². The highest BCUT2D eigenvalue weighted by Crippen LogP contribution is 2.40. The first-order chi connectivity index (χ1) is 15.4. The molecule has 1 aromatic carbocycles. The van der Waals surface area contributed by atoms with E-state index in [1.165, 1.54) is 4.90 Å². The summed E-state index contributed by atoms with van der Waals surface area (Å²) in [6.45, 7) is 9.99.